The predicted octanol–water partition coefficient (Wildman–Crippen LogP) is 3.31. The first-order valence-corrected chi connectivity index (χ1v) is 7.33. The van der Waals surface area contributed by atoms with Crippen molar-refractivity contribution in [2.75, 3.05) is 25.1 Å². The number of anilines is 1. The van der Waals surface area contributed by atoms with Gasteiger partial charge in [-0.1, -0.05) is 6.07 Å². The molecule has 0 bridgehead atoms. The lowest BCUT2D eigenvalue weighted by molar-refractivity contribution is 0.0671. The summed E-state index contributed by atoms with van der Waals surface area (Å²) in [6, 6.07) is 5.69. The molecule has 5 heteroatoms. The number of nitrogens with one attached hydrogen (secondary N) is 2. The van der Waals surface area contributed by atoms with Crippen LogP contribution in [0.25, 0.3) is 0 Å². The van der Waals surface area contributed by atoms with Gasteiger partial charge in [-0.25, -0.2) is 4.79 Å². The molecular weight excluding hydrogens is 308 g/mol. The van der Waals surface area contributed by atoms with Crippen molar-refractivity contribution in [1.82, 2.24) is 5.32 Å². The molecule has 4 nitrogen and oxygen atoms in total. The van der Waals surface area contributed by atoms with Gasteiger partial charge in [-0.2, -0.15) is 0 Å². The maximum absolute atomic E-state index is 11.8. The maximum Gasteiger partial charge on any atom is 0.319 e. The molecule has 2 rings (SSSR count). The van der Waals surface area contributed by atoms with Crippen molar-refractivity contribution in [3.05, 3.63) is 28.2 Å². The van der Waals surface area contributed by atoms with E-state index in [0.717, 1.165) is 41.8 Å². The zero-order valence-corrected chi connectivity index (χ0v) is 12.6. The van der Waals surface area contributed by atoms with Gasteiger partial charge in [0.2, 0.25) is 0 Å². The van der Waals surface area contributed by atoms with Crippen LogP contribution in [0.4, 0.5) is 10.5 Å². The van der Waals surface area contributed by atoms with Gasteiger partial charge >= 0.3 is 6.03 Å². The largest absolute Gasteiger partial charge is 0.381 e. The molecule has 0 saturated carbocycles. The zero-order valence-electron chi connectivity index (χ0n) is 11.0. The second kappa shape index (κ2) is 6.91. The molecule has 0 aromatic heterocycles. The van der Waals surface area contributed by atoms with Crippen molar-refractivity contribution in [3.63, 3.8) is 0 Å². The number of hydrogen-bond donors (Lipinski definition) is 2. The fraction of sp³-hybridized carbons (Fsp3) is 0.500. The van der Waals surface area contributed by atoms with E-state index in [2.05, 4.69) is 26.6 Å². The molecule has 0 aliphatic carbocycles. The normalized spacial score (nSPS) is 16.1. The first kappa shape index (κ1) is 14.3. The first-order chi connectivity index (χ1) is 9.15. The lowest BCUT2D eigenvalue weighted by Gasteiger charge is -2.22. The van der Waals surface area contributed by atoms with E-state index in [1.165, 1.54) is 0 Å². The second-order valence-electron chi connectivity index (χ2n) is 4.87. The third kappa shape index (κ3) is 4.51. The minimum absolute atomic E-state index is 0.156. The SMILES string of the molecule is Cc1ccc(NC(=O)NCC2CCOCC2)c(Br)c1. The maximum atomic E-state index is 11.8. The number of benzene rings is 1. The van der Waals surface area contributed by atoms with Crippen LogP contribution in [0.15, 0.2) is 22.7 Å². The van der Waals surface area contributed by atoms with E-state index in [0.29, 0.717) is 12.5 Å². The number of amides is 2. The number of carbonyl (C=O) groups excluding carboxylic acids is 1. The van der Waals surface area contributed by atoms with Crippen LogP contribution in [0.5, 0.6) is 0 Å². The van der Waals surface area contributed by atoms with Crippen LogP contribution in [-0.4, -0.2) is 25.8 Å². The van der Waals surface area contributed by atoms with Gasteiger partial charge in [0, 0.05) is 24.2 Å². The predicted molar refractivity (Wildman–Crippen MR) is 79.4 cm³/mol. The molecule has 0 unspecified atom stereocenters. The molecule has 104 valence electrons. The third-order valence-corrected chi connectivity index (χ3v) is 3.92. The van der Waals surface area contributed by atoms with Crippen molar-refractivity contribution < 1.29 is 9.53 Å². The fourth-order valence-corrected chi connectivity index (χ4v) is 2.67. The van der Waals surface area contributed by atoms with Crippen LogP contribution in [0.1, 0.15) is 18.4 Å². The van der Waals surface area contributed by atoms with E-state index < -0.39 is 0 Å². The summed E-state index contributed by atoms with van der Waals surface area (Å²) >= 11 is 3.44. The molecule has 1 aliphatic rings. The number of carbonyl (C=O) groups is 1. The average Bonchev–Trinajstić information content (AvgIpc) is 2.41. The van der Waals surface area contributed by atoms with Gasteiger partial charge in [-0.3, -0.25) is 0 Å². The molecule has 19 heavy (non-hydrogen) atoms. The van der Waals surface area contributed by atoms with Crippen LogP contribution < -0.4 is 10.6 Å². The van der Waals surface area contributed by atoms with Crippen LogP contribution in [-0.2, 0) is 4.74 Å². The summed E-state index contributed by atoms with van der Waals surface area (Å²) in [6.45, 7) is 4.33. The Bertz CT molecular complexity index is 445. The highest BCUT2D eigenvalue weighted by Gasteiger charge is 2.14. The van der Waals surface area contributed by atoms with Crippen LogP contribution in [0, 0.1) is 12.8 Å². The Balaban J connectivity index is 1.80. The van der Waals surface area contributed by atoms with Gasteiger partial charge < -0.3 is 15.4 Å². The Morgan fingerprint density at radius 3 is 2.84 bits per heavy atom. The molecule has 1 aliphatic heterocycles. The highest BCUT2D eigenvalue weighted by atomic mass is 79.9. The van der Waals surface area contributed by atoms with Crippen LogP contribution >= 0.6 is 15.9 Å². The summed E-state index contributed by atoms with van der Waals surface area (Å²) in [4.78, 5) is 11.8. The number of hydrogen-bond acceptors (Lipinski definition) is 2. The molecule has 1 saturated heterocycles. The number of urea groups is 1. The monoisotopic (exact) mass is 326 g/mol. The molecule has 2 N–H and O–H groups in total. The Morgan fingerprint density at radius 1 is 1.42 bits per heavy atom. The first-order valence-electron chi connectivity index (χ1n) is 6.54. The summed E-state index contributed by atoms with van der Waals surface area (Å²) in [7, 11) is 0. The lowest BCUT2D eigenvalue weighted by atomic mass is 10.0. The Kier molecular flexibility index (Phi) is 5.22. The zero-order chi connectivity index (χ0) is 13.7. The van der Waals surface area contributed by atoms with Gasteiger partial charge in [-0.05, 0) is 59.3 Å². The minimum Gasteiger partial charge on any atom is -0.381 e. The topological polar surface area (TPSA) is 50.4 Å². The van der Waals surface area contributed by atoms with Crippen LogP contribution in [0.3, 0.4) is 0 Å². The van der Waals surface area contributed by atoms with Gasteiger partial charge in [0.1, 0.15) is 0 Å². The van der Waals surface area contributed by atoms with E-state index in [1.54, 1.807) is 0 Å². The highest BCUT2D eigenvalue weighted by molar-refractivity contribution is 9.10. The molecule has 2 amide bonds. The summed E-state index contributed by atoms with van der Waals surface area (Å²) in [5.74, 6) is 0.529. The number of halogens is 1. The fourth-order valence-electron chi connectivity index (χ4n) is 2.08. The van der Waals surface area contributed by atoms with E-state index in [1.807, 2.05) is 25.1 Å². The molecule has 1 heterocycles. The van der Waals surface area contributed by atoms with Crippen molar-refractivity contribution in [1.29, 1.82) is 0 Å². The highest BCUT2D eigenvalue weighted by Crippen LogP contribution is 2.23. The van der Waals surface area contributed by atoms with E-state index >= 15 is 0 Å². The van der Waals surface area contributed by atoms with Crippen molar-refractivity contribution in [3.8, 4) is 0 Å². The lowest BCUT2D eigenvalue weighted by Crippen LogP contribution is -2.35. The van der Waals surface area contributed by atoms with Gasteiger partial charge in [0.05, 0.1) is 5.69 Å². The Labute approximate surface area is 122 Å². The molecule has 0 atom stereocenters. The van der Waals surface area contributed by atoms with Crippen molar-refractivity contribution >= 4 is 27.6 Å². The standard InChI is InChI=1S/C14H19BrN2O2/c1-10-2-3-13(12(15)8-10)17-14(18)16-9-11-4-6-19-7-5-11/h2-3,8,11H,4-7,9H2,1H3,(H2,16,17,18). The smallest absolute Gasteiger partial charge is 0.319 e. The summed E-state index contributed by atoms with van der Waals surface area (Å²) in [5.41, 5.74) is 1.94. The van der Waals surface area contributed by atoms with E-state index in [9.17, 15) is 4.79 Å². The Morgan fingerprint density at radius 2 is 2.16 bits per heavy atom. The average molecular weight is 327 g/mol. The third-order valence-electron chi connectivity index (χ3n) is 3.26. The Hall–Kier alpha value is -1.07. The van der Waals surface area contributed by atoms with Gasteiger partial charge in [0.15, 0.2) is 0 Å². The molecule has 0 radical (unpaired) electrons. The number of ether oxygens (including phenoxy) is 1. The van der Waals surface area contributed by atoms with Crippen molar-refractivity contribution in [2.45, 2.75) is 19.8 Å². The summed E-state index contributed by atoms with van der Waals surface area (Å²) in [6.07, 6.45) is 2.04. The minimum atomic E-state index is -0.156. The second-order valence-corrected chi connectivity index (χ2v) is 5.73. The molecule has 1 aromatic rings. The van der Waals surface area contributed by atoms with E-state index in [4.69, 9.17) is 4.74 Å². The molecular formula is C14H19BrN2O2. The van der Waals surface area contributed by atoms with Gasteiger partial charge in [0.25, 0.3) is 0 Å². The van der Waals surface area contributed by atoms with Gasteiger partial charge in [-0.15, -0.1) is 0 Å². The van der Waals surface area contributed by atoms with Crippen LogP contribution in [0.2, 0.25) is 0 Å². The molecule has 1 aromatic carbocycles. The van der Waals surface area contributed by atoms with Crippen molar-refractivity contribution in [2.24, 2.45) is 5.92 Å². The summed E-state index contributed by atoms with van der Waals surface area (Å²) < 4.78 is 6.19. The number of rotatable bonds is 3. The molecule has 1 fully saturated rings. The number of aryl methyl sites for hydroxylation is 1. The van der Waals surface area contributed by atoms with E-state index in [-0.39, 0.29) is 6.03 Å². The quantitative estimate of drug-likeness (QED) is 0.895. The summed E-state index contributed by atoms with van der Waals surface area (Å²) in [5, 5.41) is 5.77. The molecule has 0 spiro atoms.